The Morgan fingerprint density at radius 2 is 1.80 bits per heavy atom. The van der Waals surface area contributed by atoms with Crippen molar-refractivity contribution in [2.24, 2.45) is 0 Å². The maximum atomic E-state index is 11.4. The van der Waals surface area contributed by atoms with Gasteiger partial charge in [0.15, 0.2) is 15.5 Å². The molecule has 2 heterocycles. The lowest BCUT2D eigenvalue weighted by Gasteiger charge is -2.00. The Hall–Kier alpha value is -2.21. The first-order chi connectivity index (χ1) is 9.45. The zero-order chi connectivity index (χ0) is 14.3. The van der Waals surface area contributed by atoms with Gasteiger partial charge in [0.25, 0.3) is 0 Å². The molecule has 0 aliphatic carbocycles. The molecule has 0 aliphatic heterocycles. The first-order valence-corrected chi connectivity index (χ1v) is 7.96. The van der Waals surface area contributed by atoms with Crippen molar-refractivity contribution in [3.8, 4) is 11.4 Å². The zero-order valence-corrected chi connectivity index (χ0v) is 11.9. The molecule has 20 heavy (non-hydrogen) atoms. The van der Waals surface area contributed by atoms with Gasteiger partial charge in [0, 0.05) is 18.0 Å². The number of hydrogen-bond donors (Lipinski definition) is 1. The summed E-state index contributed by atoms with van der Waals surface area (Å²) in [7, 11) is -3.18. The normalized spacial score (nSPS) is 11.9. The van der Waals surface area contributed by atoms with Gasteiger partial charge in [-0.3, -0.25) is 0 Å². The number of aryl methyl sites for hydroxylation is 1. The third-order valence-corrected chi connectivity index (χ3v) is 4.28. The van der Waals surface area contributed by atoms with Crippen LogP contribution >= 0.6 is 0 Å². The molecule has 0 unspecified atom stereocenters. The molecule has 0 saturated heterocycles. The molecule has 0 amide bonds. The summed E-state index contributed by atoms with van der Waals surface area (Å²) < 4.78 is 22.9. The minimum atomic E-state index is -3.18. The number of sulfone groups is 1. The van der Waals surface area contributed by atoms with Gasteiger partial charge in [0.05, 0.1) is 10.4 Å². The van der Waals surface area contributed by atoms with Gasteiger partial charge >= 0.3 is 0 Å². The van der Waals surface area contributed by atoms with Crippen LogP contribution in [-0.2, 0) is 9.84 Å². The summed E-state index contributed by atoms with van der Waals surface area (Å²) in [6.07, 6.45) is 2.91. The molecule has 1 aromatic carbocycles. The molecule has 3 aromatic rings. The van der Waals surface area contributed by atoms with E-state index in [-0.39, 0.29) is 0 Å². The van der Waals surface area contributed by atoms with Crippen LogP contribution in [0.1, 0.15) is 5.56 Å². The van der Waals surface area contributed by atoms with Crippen molar-refractivity contribution < 1.29 is 8.42 Å². The summed E-state index contributed by atoms with van der Waals surface area (Å²) in [5.41, 5.74) is 3.46. The number of nitrogens with zero attached hydrogens (tertiary/aromatic N) is 2. The highest BCUT2D eigenvalue weighted by molar-refractivity contribution is 7.90. The van der Waals surface area contributed by atoms with Crippen molar-refractivity contribution in [1.82, 2.24) is 15.0 Å². The predicted octanol–water partition coefficient (Wildman–Crippen LogP) is 2.34. The van der Waals surface area contributed by atoms with Crippen molar-refractivity contribution in [2.45, 2.75) is 11.8 Å². The molecular weight excluding hydrogens is 274 g/mol. The Kier molecular flexibility index (Phi) is 2.83. The van der Waals surface area contributed by atoms with Crippen molar-refractivity contribution >= 4 is 21.0 Å². The molecule has 0 radical (unpaired) electrons. The van der Waals surface area contributed by atoms with Crippen LogP contribution in [0.2, 0.25) is 0 Å². The average Bonchev–Trinajstić information content (AvgIpc) is 2.83. The molecule has 102 valence electrons. The second kappa shape index (κ2) is 4.42. The molecular formula is C14H13N3O2S. The van der Waals surface area contributed by atoms with Gasteiger partial charge in [-0.2, -0.15) is 0 Å². The van der Waals surface area contributed by atoms with Crippen LogP contribution in [0, 0.1) is 6.92 Å². The van der Waals surface area contributed by atoms with E-state index in [2.05, 4.69) is 15.0 Å². The summed E-state index contributed by atoms with van der Waals surface area (Å²) in [4.78, 5) is 12.1. The van der Waals surface area contributed by atoms with Crippen LogP contribution in [0.15, 0.2) is 41.4 Å². The van der Waals surface area contributed by atoms with Gasteiger partial charge in [-0.1, -0.05) is 0 Å². The van der Waals surface area contributed by atoms with Gasteiger partial charge in [-0.25, -0.2) is 18.4 Å². The first-order valence-electron chi connectivity index (χ1n) is 6.07. The maximum Gasteiger partial charge on any atom is 0.178 e. The van der Waals surface area contributed by atoms with E-state index >= 15 is 0 Å². The molecule has 3 rings (SSSR count). The third-order valence-electron chi connectivity index (χ3n) is 3.16. The minimum absolute atomic E-state index is 0.298. The maximum absolute atomic E-state index is 11.4. The highest BCUT2D eigenvalue weighted by Gasteiger charge is 2.10. The number of aromatic nitrogens is 3. The van der Waals surface area contributed by atoms with Gasteiger partial charge in [0.2, 0.25) is 0 Å². The smallest absolute Gasteiger partial charge is 0.178 e. The van der Waals surface area contributed by atoms with E-state index in [1.165, 1.54) is 6.26 Å². The fourth-order valence-electron chi connectivity index (χ4n) is 2.03. The van der Waals surface area contributed by atoms with E-state index < -0.39 is 9.84 Å². The summed E-state index contributed by atoms with van der Waals surface area (Å²) in [5, 5.41) is 0. The van der Waals surface area contributed by atoms with Crippen molar-refractivity contribution in [3.05, 3.63) is 42.1 Å². The number of H-pyrrole nitrogens is 1. The molecule has 0 aliphatic rings. The molecule has 0 atom stereocenters. The summed E-state index contributed by atoms with van der Waals surface area (Å²) in [6.45, 7) is 1.98. The van der Waals surface area contributed by atoms with E-state index in [9.17, 15) is 8.42 Å². The highest BCUT2D eigenvalue weighted by atomic mass is 32.2. The third kappa shape index (κ3) is 2.18. The number of fused-ring (bicyclic) bond motifs is 1. The number of hydrogen-bond acceptors (Lipinski definition) is 4. The van der Waals surface area contributed by atoms with E-state index in [1.54, 1.807) is 30.5 Å². The summed E-state index contributed by atoms with van der Waals surface area (Å²) in [5.74, 6) is 0.682. The Bertz CT molecular complexity index is 880. The molecule has 0 bridgehead atoms. The molecule has 0 fully saturated rings. The Morgan fingerprint density at radius 3 is 2.40 bits per heavy atom. The number of imidazole rings is 1. The van der Waals surface area contributed by atoms with Crippen molar-refractivity contribution in [3.63, 3.8) is 0 Å². The van der Waals surface area contributed by atoms with Gasteiger partial charge in [0.1, 0.15) is 5.82 Å². The van der Waals surface area contributed by atoms with E-state index in [1.807, 2.05) is 13.0 Å². The first kappa shape index (κ1) is 12.8. The van der Waals surface area contributed by atoms with Crippen molar-refractivity contribution in [1.29, 1.82) is 0 Å². The van der Waals surface area contributed by atoms with E-state index in [4.69, 9.17) is 0 Å². The molecule has 0 spiro atoms. The van der Waals surface area contributed by atoms with Gasteiger partial charge in [-0.05, 0) is 42.8 Å². The van der Waals surface area contributed by atoms with E-state index in [0.29, 0.717) is 16.4 Å². The van der Waals surface area contributed by atoms with Crippen LogP contribution in [0.25, 0.3) is 22.6 Å². The lowest BCUT2D eigenvalue weighted by atomic mass is 10.2. The molecule has 1 N–H and O–H groups in total. The number of benzene rings is 1. The largest absolute Gasteiger partial charge is 0.336 e. The molecule has 0 saturated carbocycles. The second-order valence-corrected chi connectivity index (χ2v) is 6.72. The lowest BCUT2D eigenvalue weighted by molar-refractivity contribution is 0.602. The van der Waals surface area contributed by atoms with Gasteiger partial charge in [-0.15, -0.1) is 0 Å². The average molecular weight is 287 g/mol. The summed E-state index contributed by atoms with van der Waals surface area (Å²) in [6, 6.07) is 8.56. The van der Waals surface area contributed by atoms with Crippen LogP contribution in [0.3, 0.4) is 0 Å². The van der Waals surface area contributed by atoms with Crippen LogP contribution in [0.5, 0.6) is 0 Å². The standard InChI is InChI=1S/C14H13N3O2S/c1-9-7-8-15-14-12(9)16-13(17-14)10-3-5-11(6-4-10)20(2,18)19/h3-8H,1-2H3,(H,15,16,17). The number of aromatic amines is 1. The SMILES string of the molecule is Cc1ccnc2nc(-c3ccc(S(C)(=O)=O)cc3)[nH]c12. The highest BCUT2D eigenvalue weighted by Crippen LogP contribution is 2.22. The Labute approximate surface area is 116 Å². The fraction of sp³-hybridized carbons (Fsp3) is 0.143. The van der Waals surface area contributed by atoms with Crippen molar-refractivity contribution in [2.75, 3.05) is 6.26 Å². The molecule has 2 aromatic heterocycles. The second-order valence-electron chi connectivity index (χ2n) is 4.71. The number of nitrogens with one attached hydrogen (secondary N) is 1. The molecule has 5 nitrogen and oxygen atoms in total. The minimum Gasteiger partial charge on any atom is -0.336 e. The monoisotopic (exact) mass is 287 g/mol. The quantitative estimate of drug-likeness (QED) is 0.785. The Balaban J connectivity index is 2.09. The van der Waals surface area contributed by atoms with Crippen LogP contribution < -0.4 is 0 Å². The zero-order valence-electron chi connectivity index (χ0n) is 11.1. The molecule has 6 heteroatoms. The van der Waals surface area contributed by atoms with Crippen LogP contribution in [-0.4, -0.2) is 29.6 Å². The lowest BCUT2D eigenvalue weighted by Crippen LogP contribution is -1.96. The topological polar surface area (TPSA) is 75.7 Å². The summed E-state index contributed by atoms with van der Waals surface area (Å²) >= 11 is 0. The Morgan fingerprint density at radius 1 is 1.10 bits per heavy atom. The predicted molar refractivity (Wildman–Crippen MR) is 77.2 cm³/mol. The van der Waals surface area contributed by atoms with Gasteiger partial charge < -0.3 is 4.98 Å². The van der Waals surface area contributed by atoms with Crippen LogP contribution in [0.4, 0.5) is 0 Å². The number of rotatable bonds is 2. The fourth-order valence-corrected chi connectivity index (χ4v) is 2.66. The van der Waals surface area contributed by atoms with E-state index in [0.717, 1.165) is 16.6 Å². The number of pyridine rings is 1.